The lowest BCUT2D eigenvalue weighted by molar-refractivity contribution is -0.166. The van der Waals surface area contributed by atoms with E-state index in [1.165, 1.54) is 43.8 Å². The third kappa shape index (κ3) is 4.94. The molecule has 1 aromatic carbocycles. The maximum atomic E-state index is 14.5. The summed E-state index contributed by atoms with van der Waals surface area (Å²) >= 11 is 6.46. The average molecular weight is 602 g/mol. The Labute approximate surface area is 245 Å². The molecule has 2 fully saturated rings. The Morgan fingerprint density at radius 3 is 2.48 bits per heavy atom. The largest absolute Gasteiger partial charge is 0.463 e. The number of fused-ring (bicyclic) bond motifs is 3. The number of halogens is 2. The smallest absolute Gasteiger partial charge is 0.303 e. The van der Waals surface area contributed by atoms with Crippen molar-refractivity contribution < 1.29 is 37.7 Å². The van der Waals surface area contributed by atoms with Crippen LogP contribution in [0.5, 0.6) is 0 Å². The van der Waals surface area contributed by atoms with Crippen molar-refractivity contribution in [1.29, 1.82) is 0 Å². The predicted octanol–water partition coefficient (Wildman–Crippen LogP) is 3.91. The number of nitrogens with zero attached hydrogens (tertiary/aromatic N) is 5. The predicted molar refractivity (Wildman–Crippen MR) is 146 cm³/mol. The van der Waals surface area contributed by atoms with Gasteiger partial charge in [-0.25, -0.2) is 9.37 Å². The topological polar surface area (TPSA) is 135 Å². The molecule has 0 amide bonds. The third-order valence-electron chi connectivity index (χ3n) is 8.09. The van der Waals surface area contributed by atoms with E-state index in [1.54, 1.807) is 0 Å². The second-order valence-corrected chi connectivity index (χ2v) is 11.2. The number of imidazole rings is 1. The number of benzene rings is 1. The highest BCUT2D eigenvalue weighted by atomic mass is 35.5. The van der Waals surface area contributed by atoms with Gasteiger partial charge in [0.25, 0.3) is 0 Å². The molecule has 1 saturated heterocycles. The number of carbonyl (C=O) groups excluding carboxylic acids is 3. The van der Waals surface area contributed by atoms with Crippen molar-refractivity contribution in [3.8, 4) is 0 Å². The maximum Gasteiger partial charge on any atom is 0.303 e. The zero-order valence-electron chi connectivity index (χ0n) is 23.2. The van der Waals surface area contributed by atoms with E-state index in [0.717, 1.165) is 31.2 Å². The van der Waals surface area contributed by atoms with Crippen LogP contribution in [0.25, 0.3) is 11.2 Å². The monoisotopic (exact) mass is 601 g/mol. The van der Waals surface area contributed by atoms with Crippen LogP contribution in [-0.4, -0.2) is 68.9 Å². The van der Waals surface area contributed by atoms with Gasteiger partial charge in [0, 0.05) is 38.4 Å². The highest BCUT2D eigenvalue weighted by Crippen LogP contribution is 2.53. The number of rotatable bonds is 6. The van der Waals surface area contributed by atoms with Crippen LogP contribution in [0.2, 0.25) is 5.28 Å². The Balaban J connectivity index is 1.44. The van der Waals surface area contributed by atoms with Crippen LogP contribution in [0.1, 0.15) is 58.2 Å². The minimum atomic E-state index is -1.13. The van der Waals surface area contributed by atoms with Gasteiger partial charge in [0.1, 0.15) is 18.5 Å². The first-order chi connectivity index (χ1) is 20.1. The Kier molecular flexibility index (Phi) is 7.26. The van der Waals surface area contributed by atoms with E-state index >= 15 is 0 Å². The molecule has 0 N–H and O–H groups in total. The summed E-state index contributed by atoms with van der Waals surface area (Å²) in [5, 5.41) is -0.0837. The Hall–Kier alpha value is -3.84. The summed E-state index contributed by atoms with van der Waals surface area (Å²) in [5.74, 6) is -1.82. The van der Waals surface area contributed by atoms with Crippen LogP contribution in [0.4, 0.5) is 15.9 Å². The minimum Gasteiger partial charge on any atom is -0.463 e. The second kappa shape index (κ2) is 10.8. The van der Waals surface area contributed by atoms with Crippen molar-refractivity contribution in [3.05, 3.63) is 41.2 Å². The van der Waals surface area contributed by atoms with Crippen molar-refractivity contribution in [2.45, 2.75) is 76.4 Å². The SMILES string of the molecule is CC(=O)OC[C@H]1O[C@@H](n2cnc3c(N4CC5(CCCC5)c5ccc(F)cc54)nc(Cl)nc32)C(OC(C)=O)[C@H]1OC(C)=O. The van der Waals surface area contributed by atoms with Crippen LogP contribution in [0.3, 0.4) is 0 Å². The molecule has 14 heteroatoms. The van der Waals surface area contributed by atoms with Crippen molar-refractivity contribution in [1.82, 2.24) is 19.5 Å². The molecule has 12 nitrogen and oxygen atoms in total. The number of carbonyl (C=O) groups is 3. The molecule has 1 aliphatic carbocycles. The van der Waals surface area contributed by atoms with Crippen LogP contribution in [0.15, 0.2) is 24.5 Å². The van der Waals surface area contributed by atoms with E-state index in [9.17, 15) is 18.8 Å². The zero-order valence-corrected chi connectivity index (χ0v) is 24.0. The molecule has 6 rings (SSSR count). The molecular weight excluding hydrogens is 573 g/mol. The number of aromatic nitrogens is 4. The van der Waals surface area contributed by atoms with Gasteiger partial charge < -0.3 is 23.8 Å². The maximum absolute atomic E-state index is 14.5. The Morgan fingerprint density at radius 2 is 1.79 bits per heavy atom. The Morgan fingerprint density at radius 1 is 1.07 bits per heavy atom. The number of hydrogen-bond acceptors (Lipinski definition) is 11. The number of hydrogen-bond donors (Lipinski definition) is 0. The summed E-state index contributed by atoms with van der Waals surface area (Å²) in [6.45, 7) is 3.98. The molecule has 1 spiro atoms. The molecule has 3 aromatic rings. The number of ether oxygens (including phenoxy) is 4. The quantitative estimate of drug-likeness (QED) is 0.231. The van der Waals surface area contributed by atoms with E-state index in [1.807, 2.05) is 11.0 Å². The normalized spacial score (nSPS) is 24.3. The fourth-order valence-electron chi connectivity index (χ4n) is 6.48. The van der Waals surface area contributed by atoms with Crippen LogP contribution in [0, 0.1) is 5.82 Å². The van der Waals surface area contributed by atoms with E-state index in [2.05, 4.69) is 15.0 Å². The molecule has 2 aliphatic heterocycles. The van der Waals surface area contributed by atoms with Gasteiger partial charge in [0.2, 0.25) is 5.28 Å². The van der Waals surface area contributed by atoms with E-state index < -0.39 is 42.4 Å². The van der Waals surface area contributed by atoms with Gasteiger partial charge >= 0.3 is 17.9 Å². The standard InChI is InChI=1S/C28H29ClFN5O7/c1-14(36)39-11-20-22(40-15(2)37)23(41-16(3)38)26(42-20)35-13-31-21-24(32-27(29)33-25(21)35)34-12-28(8-4-5-9-28)18-7-6-17(30)10-19(18)34/h6-7,10,13,20,22-23,26H,4-5,8-9,11-12H2,1-3H3/t20-,22+,23?,26-/m1/s1. The summed E-state index contributed by atoms with van der Waals surface area (Å²) < 4.78 is 38.4. The van der Waals surface area contributed by atoms with Crippen molar-refractivity contribution in [2.24, 2.45) is 0 Å². The molecule has 4 heterocycles. The molecule has 0 bridgehead atoms. The molecule has 2 aromatic heterocycles. The first-order valence-corrected chi connectivity index (χ1v) is 14.0. The lowest BCUT2D eigenvalue weighted by atomic mass is 9.81. The van der Waals surface area contributed by atoms with Crippen LogP contribution in [-0.2, 0) is 38.7 Å². The summed E-state index contributed by atoms with van der Waals surface area (Å²) in [7, 11) is 0. The number of esters is 3. The summed E-state index contributed by atoms with van der Waals surface area (Å²) in [5.41, 5.74) is 2.25. The second-order valence-electron chi connectivity index (χ2n) is 10.9. The third-order valence-corrected chi connectivity index (χ3v) is 8.26. The lowest BCUT2D eigenvalue weighted by Crippen LogP contribution is -2.40. The van der Waals surface area contributed by atoms with Crippen molar-refractivity contribution in [2.75, 3.05) is 18.1 Å². The molecular formula is C28H29ClFN5O7. The van der Waals surface area contributed by atoms with Gasteiger partial charge in [0.15, 0.2) is 35.4 Å². The fourth-order valence-corrected chi connectivity index (χ4v) is 6.64. The molecule has 3 aliphatic rings. The molecule has 4 atom stereocenters. The summed E-state index contributed by atoms with van der Waals surface area (Å²) in [6.07, 6.45) is 1.27. The zero-order chi connectivity index (χ0) is 29.8. The van der Waals surface area contributed by atoms with Gasteiger partial charge in [-0.3, -0.25) is 19.0 Å². The van der Waals surface area contributed by atoms with Crippen LogP contribution < -0.4 is 4.90 Å². The van der Waals surface area contributed by atoms with Gasteiger partial charge in [-0.15, -0.1) is 0 Å². The lowest BCUT2D eigenvalue weighted by Gasteiger charge is -2.25. The highest BCUT2D eigenvalue weighted by molar-refractivity contribution is 6.28. The average Bonchev–Trinajstić information content (AvgIpc) is 3.69. The highest BCUT2D eigenvalue weighted by Gasteiger charge is 2.51. The van der Waals surface area contributed by atoms with E-state index in [4.69, 9.17) is 30.5 Å². The fraction of sp³-hybridized carbons (Fsp3) is 0.500. The summed E-state index contributed by atoms with van der Waals surface area (Å²) in [6, 6.07) is 4.84. The molecule has 0 radical (unpaired) electrons. The summed E-state index contributed by atoms with van der Waals surface area (Å²) in [4.78, 5) is 51.1. The first-order valence-electron chi connectivity index (χ1n) is 13.7. The van der Waals surface area contributed by atoms with E-state index in [-0.39, 0.29) is 28.8 Å². The molecule has 42 heavy (non-hydrogen) atoms. The van der Waals surface area contributed by atoms with Gasteiger partial charge in [-0.05, 0) is 42.1 Å². The van der Waals surface area contributed by atoms with Crippen molar-refractivity contribution in [3.63, 3.8) is 0 Å². The van der Waals surface area contributed by atoms with Crippen LogP contribution >= 0.6 is 11.6 Å². The molecule has 1 unspecified atom stereocenters. The van der Waals surface area contributed by atoms with Gasteiger partial charge in [0.05, 0.1) is 6.33 Å². The minimum absolute atomic E-state index is 0.0837. The van der Waals surface area contributed by atoms with E-state index in [0.29, 0.717) is 23.6 Å². The Bertz CT molecular complexity index is 1580. The first kappa shape index (κ1) is 28.3. The molecule has 1 saturated carbocycles. The number of anilines is 2. The van der Waals surface area contributed by atoms with Gasteiger partial charge in [-0.2, -0.15) is 9.97 Å². The van der Waals surface area contributed by atoms with Crippen molar-refractivity contribution >= 4 is 52.2 Å². The van der Waals surface area contributed by atoms with Gasteiger partial charge in [-0.1, -0.05) is 18.9 Å². The molecule has 222 valence electrons.